The standard InChI is InChI=1S/C17H26N4O12/c18-14(29)15-19-5-21(20-15)16-12(27)10(25)7(32-16)4-31-8(23)1-2-30-17-13(28)11(26)9(24)6(3-22)33-17/h5-7,9-13,16-17,22,24-28H,1-4H2,(H2,18,29)/t6?,7?,9?,10-,11?,12-,13?,16?,17?/m1/s1. The molecule has 1 aromatic heterocycles. The Morgan fingerprint density at radius 2 is 1.73 bits per heavy atom. The van der Waals surface area contributed by atoms with Crippen LogP contribution >= 0.6 is 0 Å². The maximum atomic E-state index is 12.0. The summed E-state index contributed by atoms with van der Waals surface area (Å²) in [5, 5.41) is 62.5. The second-order valence-corrected chi connectivity index (χ2v) is 7.46. The van der Waals surface area contributed by atoms with E-state index in [1.165, 1.54) is 0 Å². The third-order valence-electron chi connectivity index (χ3n) is 5.17. The molecule has 0 aromatic carbocycles. The zero-order valence-corrected chi connectivity index (χ0v) is 17.2. The first kappa shape index (κ1) is 25.3. The minimum absolute atomic E-state index is 0.296. The Balaban J connectivity index is 1.43. The minimum Gasteiger partial charge on any atom is -0.463 e. The van der Waals surface area contributed by atoms with Crippen molar-refractivity contribution in [2.45, 2.75) is 61.7 Å². The predicted molar refractivity (Wildman–Crippen MR) is 99.8 cm³/mol. The molecule has 1 aromatic rings. The van der Waals surface area contributed by atoms with Crippen LogP contribution in [0.1, 0.15) is 23.3 Å². The van der Waals surface area contributed by atoms with Crippen LogP contribution in [0.5, 0.6) is 0 Å². The molecule has 16 heteroatoms. The second-order valence-electron chi connectivity index (χ2n) is 7.46. The van der Waals surface area contributed by atoms with Crippen molar-refractivity contribution >= 4 is 11.9 Å². The van der Waals surface area contributed by atoms with Crippen molar-refractivity contribution in [2.75, 3.05) is 19.8 Å². The summed E-state index contributed by atoms with van der Waals surface area (Å²) in [6, 6.07) is 0. The predicted octanol–water partition coefficient (Wildman–Crippen LogP) is -5.25. The molecule has 7 unspecified atom stereocenters. The Hall–Kier alpha value is -2.28. The van der Waals surface area contributed by atoms with Crippen molar-refractivity contribution in [2.24, 2.45) is 5.73 Å². The largest absolute Gasteiger partial charge is 0.463 e. The van der Waals surface area contributed by atoms with Crippen molar-refractivity contribution in [3.05, 3.63) is 12.2 Å². The summed E-state index contributed by atoms with van der Waals surface area (Å²) in [4.78, 5) is 26.7. The number of primary amides is 1. The van der Waals surface area contributed by atoms with E-state index in [9.17, 15) is 35.1 Å². The summed E-state index contributed by atoms with van der Waals surface area (Å²) in [6.07, 6.45) is -11.7. The van der Waals surface area contributed by atoms with Gasteiger partial charge in [-0.2, -0.15) is 0 Å². The number of aliphatic hydroxyl groups excluding tert-OH is 6. The lowest BCUT2D eigenvalue weighted by atomic mass is 9.99. The van der Waals surface area contributed by atoms with Gasteiger partial charge in [-0.25, -0.2) is 9.67 Å². The van der Waals surface area contributed by atoms with Crippen LogP contribution in [0.4, 0.5) is 0 Å². The van der Waals surface area contributed by atoms with E-state index in [1.54, 1.807) is 0 Å². The van der Waals surface area contributed by atoms with Gasteiger partial charge in [0.1, 0.15) is 55.7 Å². The normalized spacial score (nSPS) is 36.6. The van der Waals surface area contributed by atoms with E-state index in [1.807, 2.05) is 0 Å². The van der Waals surface area contributed by atoms with E-state index in [4.69, 9.17) is 29.8 Å². The molecule has 33 heavy (non-hydrogen) atoms. The molecule has 2 aliphatic heterocycles. The summed E-state index contributed by atoms with van der Waals surface area (Å²) in [5.41, 5.74) is 5.06. The average Bonchev–Trinajstić information content (AvgIpc) is 3.38. The molecule has 0 radical (unpaired) electrons. The highest BCUT2D eigenvalue weighted by atomic mass is 16.7. The number of carbonyl (C=O) groups is 2. The number of nitrogens with two attached hydrogens (primary N) is 1. The fraction of sp³-hybridized carbons (Fsp3) is 0.765. The van der Waals surface area contributed by atoms with E-state index in [2.05, 4.69) is 10.1 Å². The molecule has 3 rings (SSSR count). The van der Waals surface area contributed by atoms with Crippen LogP contribution in [0.2, 0.25) is 0 Å². The van der Waals surface area contributed by atoms with Gasteiger partial charge in [-0.1, -0.05) is 0 Å². The minimum atomic E-state index is -1.61. The molecule has 0 aliphatic carbocycles. The molecule has 0 bridgehead atoms. The van der Waals surface area contributed by atoms with Crippen molar-refractivity contribution in [3.63, 3.8) is 0 Å². The number of amides is 1. The molecule has 2 aliphatic rings. The monoisotopic (exact) mass is 478 g/mol. The van der Waals surface area contributed by atoms with Gasteiger partial charge in [0.05, 0.1) is 19.6 Å². The fourth-order valence-corrected chi connectivity index (χ4v) is 3.31. The Kier molecular flexibility index (Phi) is 8.27. The fourth-order valence-electron chi connectivity index (χ4n) is 3.31. The molecule has 186 valence electrons. The van der Waals surface area contributed by atoms with Crippen LogP contribution in [-0.2, 0) is 23.7 Å². The summed E-state index contributed by atoms with van der Waals surface area (Å²) in [6.45, 7) is -1.34. The van der Waals surface area contributed by atoms with Crippen LogP contribution in [0.25, 0.3) is 0 Å². The first-order valence-electron chi connectivity index (χ1n) is 9.94. The first-order chi connectivity index (χ1) is 15.6. The number of carbonyl (C=O) groups excluding carboxylic acids is 2. The van der Waals surface area contributed by atoms with Gasteiger partial charge in [-0.05, 0) is 0 Å². The topological polar surface area (TPSA) is 249 Å². The number of ether oxygens (including phenoxy) is 4. The van der Waals surface area contributed by atoms with Gasteiger partial charge in [-0.15, -0.1) is 5.10 Å². The summed E-state index contributed by atoms with van der Waals surface area (Å²) >= 11 is 0. The molecule has 9 atom stereocenters. The average molecular weight is 478 g/mol. The molecule has 2 saturated heterocycles. The van der Waals surface area contributed by atoms with Crippen LogP contribution < -0.4 is 5.73 Å². The molecular weight excluding hydrogens is 452 g/mol. The zero-order chi connectivity index (χ0) is 24.3. The first-order valence-corrected chi connectivity index (χ1v) is 9.94. The number of hydrogen-bond donors (Lipinski definition) is 7. The Labute approximate surface area is 186 Å². The van der Waals surface area contributed by atoms with Crippen LogP contribution in [0, 0.1) is 0 Å². The Morgan fingerprint density at radius 3 is 2.36 bits per heavy atom. The van der Waals surface area contributed by atoms with Crippen LogP contribution in [0.15, 0.2) is 6.33 Å². The lowest BCUT2D eigenvalue weighted by Crippen LogP contribution is -2.59. The lowest BCUT2D eigenvalue weighted by Gasteiger charge is -2.39. The maximum absolute atomic E-state index is 12.0. The molecule has 16 nitrogen and oxygen atoms in total. The number of hydrogen-bond acceptors (Lipinski definition) is 14. The number of aromatic nitrogens is 3. The van der Waals surface area contributed by atoms with Crippen molar-refractivity contribution in [3.8, 4) is 0 Å². The number of rotatable bonds is 9. The zero-order valence-electron chi connectivity index (χ0n) is 17.2. The highest BCUT2D eigenvalue weighted by Gasteiger charge is 2.45. The molecule has 2 fully saturated rings. The molecule has 0 spiro atoms. The van der Waals surface area contributed by atoms with E-state index in [0.717, 1.165) is 11.0 Å². The van der Waals surface area contributed by atoms with Gasteiger partial charge in [0.2, 0.25) is 5.82 Å². The van der Waals surface area contributed by atoms with Gasteiger partial charge in [0.15, 0.2) is 12.5 Å². The van der Waals surface area contributed by atoms with Crippen LogP contribution in [0.3, 0.4) is 0 Å². The van der Waals surface area contributed by atoms with Gasteiger partial charge in [0, 0.05) is 0 Å². The Bertz CT molecular complexity index is 822. The highest BCUT2D eigenvalue weighted by Crippen LogP contribution is 2.29. The molecule has 1 amide bonds. The van der Waals surface area contributed by atoms with E-state index < -0.39 is 80.3 Å². The molecular formula is C17H26N4O12. The molecule has 8 N–H and O–H groups in total. The summed E-state index contributed by atoms with van der Waals surface area (Å²) in [5.74, 6) is -1.97. The van der Waals surface area contributed by atoms with Gasteiger partial charge >= 0.3 is 5.97 Å². The molecule has 3 heterocycles. The Morgan fingerprint density at radius 1 is 1.03 bits per heavy atom. The summed E-state index contributed by atoms with van der Waals surface area (Å²) < 4.78 is 21.8. The third-order valence-corrected chi connectivity index (χ3v) is 5.17. The van der Waals surface area contributed by atoms with Crippen molar-refractivity contribution in [1.82, 2.24) is 14.8 Å². The van der Waals surface area contributed by atoms with Crippen molar-refractivity contribution in [1.29, 1.82) is 0 Å². The number of esters is 1. The smallest absolute Gasteiger partial charge is 0.308 e. The summed E-state index contributed by atoms with van der Waals surface area (Å²) in [7, 11) is 0. The number of aliphatic hydroxyl groups is 6. The van der Waals surface area contributed by atoms with Crippen molar-refractivity contribution < 1.29 is 59.2 Å². The number of nitrogens with zero attached hydrogens (tertiary/aromatic N) is 3. The highest BCUT2D eigenvalue weighted by molar-refractivity contribution is 5.88. The van der Waals surface area contributed by atoms with Gasteiger partial charge in [0.25, 0.3) is 5.91 Å². The van der Waals surface area contributed by atoms with E-state index in [-0.39, 0.29) is 18.9 Å². The van der Waals surface area contributed by atoms with Crippen LogP contribution in [-0.4, -0.2) is 126 Å². The maximum Gasteiger partial charge on any atom is 0.308 e. The molecule has 0 saturated carbocycles. The van der Waals surface area contributed by atoms with Gasteiger partial charge in [-0.3, -0.25) is 9.59 Å². The van der Waals surface area contributed by atoms with Gasteiger partial charge < -0.3 is 55.3 Å². The third kappa shape index (κ3) is 5.62. The quantitative estimate of drug-likeness (QED) is 0.164. The second kappa shape index (κ2) is 10.8. The lowest BCUT2D eigenvalue weighted by molar-refractivity contribution is -0.301. The van der Waals surface area contributed by atoms with E-state index >= 15 is 0 Å². The van der Waals surface area contributed by atoms with E-state index in [0.29, 0.717) is 0 Å². The SMILES string of the molecule is NC(=O)c1ncn(C2OC(COC(=O)CCOC3OC(CO)C(O)C(O)C3O)[C@@H](O)[C@H]2O)n1.